The van der Waals surface area contributed by atoms with Crippen LogP contribution in [-0.2, 0) is 14.3 Å². The second-order valence-electron chi connectivity index (χ2n) is 7.17. The van der Waals surface area contributed by atoms with E-state index in [9.17, 15) is 9.59 Å². The highest BCUT2D eigenvalue weighted by Gasteiger charge is 2.27. The Labute approximate surface area is 163 Å². The van der Waals surface area contributed by atoms with Crippen LogP contribution < -0.4 is 10.6 Å². The number of aliphatic imine (C=N–C) groups is 1. The van der Waals surface area contributed by atoms with E-state index in [1.54, 1.807) is 6.92 Å². The molecule has 8 heteroatoms. The summed E-state index contributed by atoms with van der Waals surface area (Å²) in [7, 11) is 1.44. The molecule has 1 amide bonds. The second kappa shape index (κ2) is 12.4. The van der Waals surface area contributed by atoms with Crippen molar-refractivity contribution in [3.05, 3.63) is 0 Å². The summed E-state index contributed by atoms with van der Waals surface area (Å²) in [4.78, 5) is 30.4. The van der Waals surface area contributed by atoms with Crippen LogP contribution in [0.4, 0.5) is 4.79 Å². The summed E-state index contributed by atoms with van der Waals surface area (Å²) in [6.45, 7) is 11.2. The summed E-state index contributed by atoms with van der Waals surface area (Å²) >= 11 is 0. The number of likely N-dealkylation sites (tertiary alicyclic amines) is 1. The van der Waals surface area contributed by atoms with Crippen molar-refractivity contribution in [1.29, 1.82) is 0 Å². The summed E-state index contributed by atoms with van der Waals surface area (Å²) in [5, 5.41) is 6.22. The molecule has 1 unspecified atom stereocenters. The van der Waals surface area contributed by atoms with Crippen molar-refractivity contribution in [3.63, 3.8) is 0 Å². The standard InChI is InChI=1S/C19H36N4O4/c1-6-20-18(23-10-8-15(9-11-23)17(24)26-5)21-13-16(12-14(3)4)22-19(25)27-7-2/h14-16H,6-13H2,1-5H3,(H,20,21)(H,22,25). The van der Waals surface area contributed by atoms with Gasteiger partial charge in [-0.2, -0.15) is 0 Å². The van der Waals surface area contributed by atoms with Gasteiger partial charge in [0.1, 0.15) is 0 Å². The number of carbonyl (C=O) groups is 2. The van der Waals surface area contributed by atoms with E-state index in [4.69, 9.17) is 14.5 Å². The maximum absolute atomic E-state index is 11.8. The lowest BCUT2D eigenvalue weighted by Gasteiger charge is -2.33. The Bertz CT molecular complexity index is 488. The Morgan fingerprint density at radius 1 is 1.22 bits per heavy atom. The number of piperidine rings is 1. The van der Waals surface area contributed by atoms with E-state index < -0.39 is 6.09 Å². The molecule has 156 valence electrons. The van der Waals surface area contributed by atoms with Crippen molar-refractivity contribution in [3.8, 4) is 0 Å². The summed E-state index contributed by atoms with van der Waals surface area (Å²) in [6.07, 6.45) is 1.94. The molecule has 27 heavy (non-hydrogen) atoms. The molecule has 0 spiro atoms. The fourth-order valence-corrected chi connectivity index (χ4v) is 3.20. The van der Waals surface area contributed by atoms with Gasteiger partial charge in [-0.05, 0) is 39.0 Å². The summed E-state index contributed by atoms with van der Waals surface area (Å²) in [5.74, 6) is 1.09. The Balaban J connectivity index is 2.71. The van der Waals surface area contributed by atoms with Gasteiger partial charge in [-0.3, -0.25) is 9.79 Å². The maximum atomic E-state index is 11.8. The third-order valence-electron chi connectivity index (χ3n) is 4.48. The molecule has 1 rings (SSSR count). The van der Waals surface area contributed by atoms with Gasteiger partial charge in [0.2, 0.25) is 0 Å². The van der Waals surface area contributed by atoms with Crippen molar-refractivity contribution in [1.82, 2.24) is 15.5 Å². The van der Waals surface area contributed by atoms with Crippen molar-refractivity contribution in [2.24, 2.45) is 16.8 Å². The molecule has 8 nitrogen and oxygen atoms in total. The quantitative estimate of drug-likeness (QED) is 0.378. The number of nitrogens with one attached hydrogen (secondary N) is 2. The number of guanidine groups is 1. The van der Waals surface area contributed by atoms with Crippen LogP contribution in [-0.4, -0.2) is 68.9 Å². The third-order valence-corrected chi connectivity index (χ3v) is 4.48. The molecule has 2 N–H and O–H groups in total. The molecule has 0 aromatic heterocycles. The third kappa shape index (κ3) is 8.49. The highest BCUT2D eigenvalue weighted by Crippen LogP contribution is 2.18. The molecule has 0 aromatic rings. The van der Waals surface area contributed by atoms with Crippen LogP contribution in [0.15, 0.2) is 4.99 Å². The molecular formula is C19H36N4O4. The van der Waals surface area contributed by atoms with Gasteiger partial charge in [0, 0.05) is 19.6 Å². The fourth-order valence-electron chi connectivity index (χ4n) is 3.20. The predicted molar refractivity (Wildman–Crippen MR) is 106 cm³/mol. The van der Waals surface area contributed by atoms with E-state index in [1.165, 1.54) is 7.11 Å². The SMILES string of the molecule is CCNC(=NCC(CC(C)C)NC(=O)OCC)N1CCC(C(=O)OC)CC1. The zero-order chi connectivity index (χ0) is 20.2. The zero-order valence-electron chi connectivity index (χ0n) is 17.4. The fraction of sp³-hybridized carbons (Fsp3) is 0.842. The molecule has 0 radical (unpaired) electrons. The molecule has 0 bridgehead atoms. The lowest BCUT2D eigenvalue weighted by molar-refractivity contribution is -0.146. The maximum Gasteiger partial charge on any atom is 0.407 e. The summed E-state index contributed by atoms with van der Waals surface area (Å²) < 4.78 is 9.85. The van der Waals surface area contributed by atoms with Crippen LogP contribution in [0.1, 0.15) is 47.0 Å². The number of alkyl carbamates (subject to hydrolysis) is 1. The Kier molecular flexibility index (Phi) is 10.6. The molecule has 0 aliphatic carbocycles. The average molecular weight is 385 g/mol. The number of ether oxygens (including phenoxy) is 2. The van der Waals surface area contributed by atoms with Gasteiger partial charge in [0.15, 0.2) is 5.96 Å². The normalized spacial score (nSPS) is 16.8. The highest BCUT2D eigenvalue weighted by molar-refractivity contribution is 5.80. The number of esters is 1. The van der Waals surface area contributed by atoms with Crippen LogP contribution in [0.5, 0.6) is 0 Å². The topological polar surface area (TPSA) is 92.3 Å². The molecular weight excluding hydrogens is 348 g/mol. The number of hydrogen-bond donors (Lipinski definition) is 2. The molecule has 0 aromatic carbocycles. The van der Waals surface area contributed by atoms with Crippen molar-refractivity contribution in [2.75, 3.05) is 39.9 Å². The lowest BCUT2D eigenvalue weighted by atomic mass is 9.97. The first kappa shape index (κ1) is 23.0. The predicted octanol–water partition coefficient (Wildman–Crippen LogP) is 2.00. The summed E-state index contributed by atoms with van der Waals surface area (Å²) in [6, 6.07) is -0.0784. The number of nitrogens with zero attached hydrogens (tertiary/aromatic N) is 2. The highest BCUT2D eigenvalue weighted by atomic mass is 16.5. The van der Waals surface area contributed by atoms with Crippen LogP contribution in [0.25, 0.3) is 0 Å². The van der Waals surface area contributed by atoms with Crippen molar-refractivity contribution in [2.45, 2.75) is 53.0 Å². The molecule has 1 heterocycles. The van der Waals surface area contributed by atoms with E-state index in [0.29, 0.717) is 19.1 Å². The summed E-state index contributed by atoms with van der Waals surface area (Å²) in [5.41, 5.74) is 0. The molecule has 1 aliphatic heterocycles. The van der Waals surface area contributed by atoms with Crippen LogP contribution in [0.3, 0.4) is 0 Å². The zero-order valence-corrected chi connectivity index (χ0v) is 17.4. The molecule has 1 aliphatic rings. The Hall–Kier alpha value is -1.99. The first-order valence-electron chi connectivity index (χ1n) is 9.95. The number of hydrogen-bond acceptors (Lipinski definition) is 5. The number of amides is 1. The molecule has 1 fully saturated rings. The first-order chi connectivity index (χ1) is 12.9. The van der Waals surface area contributed by atoms with Crippen molar-refractivity contribution >= 4 is 18.0 Å². The minimum absolute atomic E-state index is 0.0340. The number of rotatable bonds is 8. The van der Waals surface area contributed by atoms with Crippen LogP contribution in [0, 0.1) is 11.8 Å². The average Bonchev–Trinajstić information content (AvgIpc) is 2.64. The Morgan fingerprint density at radius 2 is 1.89 bits per heavy atom. The second-order valence-corrected chi connectivity index (χ2v) is 7.17. The first-order valence-corrected chi connectivity index (χ1v) is 9.95. The monoisotopic (exact) mass is 384 g/mol. The van der Waals surface area contributed by atoms with E-state index in [0.717, 1.165) is 44.9 Å². The smallest absolute Gasteiger partial charge is 0.407 e. The van der Waals surface area contributed by atoms with Gasteiger partial charge in [0.05, 0.1) is 32.2 Å². The van der Waals surface area contributed by atoms with E-state index in [1.807, 2.05) is 6.92 Å². The van der Waals surface area contributed by atoms with E-state index >= 15 is 0 Å². The minimum Gasteiger partial charge on any atom is -0.469 e. The van der Waals surface area contributed by atoms with Gasteiger partial charge < -0.3 is 25.0 Å². The van der Waals surface area contributed by atoms with Gasteiger partial charge in [0.25, 0.3) is 0 Å². The molecule has 1 saturated heterocycles. The van der Waals surface area contributed by atoms with Crippen LogP contribution in [0.2, 0.25) is 0 Å². The largest absolute Gasteiger partial charge is 0.469 e. The van der Waals surface area contributed by atoms with Gasteiger partial charge in [-0.25, -0.2) is 4.79 Å². The van der Waals surface area contributed by atoms with Gasteiger partial charge in [-0.15, -0.1) is 0 Å². The van der Waals surface area contributed by atoms with Crippen LogP contribution >= 0.6 is 0 Å². The Morgan fingerprint density at radius 3 is 2.41 bits per heavy atom. The lowest BCUT2D eigenvalue weighted by Crippen LogP contribution is -2.47. The molecule has 1 atom stereocenters. The minimum atomic E-state index is -0.401. The molecule has 0 saturated carbocycles. The number of carbonyl (C=O) groups excluding carboxylic acids is 2. The van der Waals surface area contributed by atoms with Gasteiger partial charge >= 0.3 is 12.1 Å². The number of methoxy groups -OCH3 is 1. The van der Waals surface area contributed by atoms with Gasteiger partial charge in [-0.1, -0.05) is 13.8 Å². The van der Waals surface area contributed by atoms with E-state index in [2.05, 4.69) is 29.4 Å². The van der Waals surface area contributed by atoms with Crippen molar-refractivity contribution < 1.29 is 19.1 Å². The van der Waals surface area contributed by atoms with E-state index in [-0.39, 0.29) is 17.9 Å².